The van der Waals surface area contributed by atoms with E-state index in [4.69, 9.17) is 0 Å². The minimum Gasteiger partial charge on any atom is -0.354 e. The van der Waals surface area contributed by atoms with Gasteiger partial charge in [-0.1, -0.05) is 18.2 Å². The second-order valence-corrected chi connectivity index (χ2v) is 5.39. The molecule has 3 amide bonds. The zero-order valence-electron chi connectivity index (χ0n) is 13.2. The molecule has 0 saturated heterocycles. The maximum absolute atomic E-state index is 11.8. The number of aromatic nitrogens is 1. The minimum absolute atomic E-state index is 0.0198. The predicted molar refractivity (Wildman–Crippen MR) is 90.3 cm³/mol. The van der Waals surface area contributed by atoms with Crippen molar-refractivity contribution in [3.8, 4) is 0 Å². The fourth-order valence-corrected chi connectivity index (χ4v) is 1.98. The van der Waals surface area contributed by atoms with Crippen LogP contribution >= 0.6 is 0 Å². The number of hydrogen-bond donors (Lipinski definition) is 3. The van der Waals surface area contributed by atoms with Gasteiger partial charge in [-0.2, -0.15) is 0 Å². The summed E-state index contributed by atoms with van der Waals surface area (Å²) in [5.41, 5.74) is 1.53. The Bertz CT molecular complexity index is 654. The Labute approximate surface area is 135 Å². The lowest BCUT2D eigenvalue weighted by atomic mass is 10.1. The maximum atomic E-state index is 11.8. The van der Waals surface area contributed by atoms with Crippen LogP contribution in [0.25, 0.3) is 0 Å². The first kappa shape index (κ1) is 16.5. The van der Waals surface area contributed by atoms with E-state index in [9.17, 15) is 9.59 Å². The van der Waals surface area contributed by atoms with Crippen LogP contribution in [0, 0.1) is 0 Å². The molecule has 2 aromatic rings. The van der Waals surface area contributed by atoms with Gasteiger partial charge in [-0.25, -0.2) is 9.78 Å². The highest BCUT2D eigenvalue weighted by Crippen LogP contribution is 2.11. The Hall–Kier alpha value is -2.89. The lowest BCUT2D eigenvalue weighted by Gasteiger charge is -2.09. The maximum Gasteiger partial charge on any atom is 0.324 e. The van der Waals surface area contributed by atoms with Crippen molar-refractivity contribution in [3.63, 3.8) is 0 Å². The number of carbonyl (C=O) groups is 2. The third kappa shape index (κ3) is 5.78. The van der Waals surface area contributed by atoms with Crippen molar-refractivity contribution in [1.82, 2.24) is 10.3 Å². The van der Waals surface area contributed by atoms with Gasteiger partial charge < -0.3 is 10.6 Å². The first-order valence-corrected chi connectivity index (χ1v) is 7.40. The third-order valence-electron chi connectivity index (χ3n) is 2.93. The number of hydrogen-bond acceptors (Lipinski definition) is 3. The molecule has 0 bridgehead atoms. The largest absolute Gasteiger partial charge is 0.354 e. The Kier molecular flexibility index (Phi) is 5.68. The van der Waals surface area contributed by atoms with Gasteiger partial charge in [0.15, 0.2) is 0 Å². The molecule has 1 aromatic heterocycles. The summed E-state index contributed by atoms with van der Waals surface area (Å²) in [6, 6.07) is 12.2. The van der Waals surface area contributed by atoms with Gasteiger partial charge in [0.2, 0.25) is 5.91 Å². The van der Waals surface area contributed by atoms with Crippen molar-refractivity contribution in [3.05, 3.63) is 54.2 Å². The van der Waals surface area contributed by atoms with Gasteiger partial charge in [0, 0.05) is 17.9 Å². The predicted octanol–water partition coefficient (Wildman–Crippen LogP) is 2.79. The fourth-order valence-electron chi connectivity index (χ4n) is 1.98. The van der Waals surface area contributed by atoms with Crippen LogP contribution in [0.5, 0.6) is 0 Å². The van der Waals surface area contributed by atoms with Crippen molar-refractivity contribution in [2.24, 2.45) is 0 Å². The van der Waals surface area contributed by atoms with Gasteiger partial charge in [0.25, 0.3) is 0 Å². The first-order valence-electron chi connectivity index (χ1n) is 7.40. The number of amides is 3. The summed E-state index contributed by atoms with van der Waals surface area (Å²) >= 11 is 0. The number of benzene rings is 1. The van der Waals surface area contributed by atoms with Crippen LogP contribution in [0.15, 0.2) is 48.7 Å². The molecule has 120 valence electrons. The summed E-state index contributed by atoms with van der Waals surface area (Å²) in [7, 11) is 0. The van der Waals surface area contributed by atoms with Crippen LogP contribution in [0.1, 0.15) is 19.4 Å². The Morgan fingerprint density at radius 2 is 1.78 bits per heavy atom. The molecule has 3 N–H and O–H groups in total. The molecule has 0 aliphatic rings. The quantitative estimate of drug-likeness (QED) is 0.794. The van der Waals surface area contributed by atoms with E-state index in [2.05, 4.69) is 20.9 Å². The van der Waals surface area contributed by atoms with Crippen LogP contribution < -0.4 is 16.0 Å². The lowest BCUT2D eigenvalue weighted by molar-refractivity contribution is -0.120. The molecule has 23 heavy (non-hydrogen) atoms. The summed E-state index contributed by atoms with van der Waals surface area (Å²) in [5, 5.41) is 8.19. The zero-order chi connectivity index (χ0) is 16.7. The van der Waals surface area contributed by atoms with E-state index in [1.807, 2.05) is 26.0 Å². The van der Waals surface area contributed by atoms with E-state index in [-0.39, 0.29) is 18.0 Å². The molecule has 1 aromatic carbocycles. The van der Waals surface area contributed by atoms with Crippen LogP contribution in [0.3, 0.4) is 0 Å². The van der Waals surface area contributed by atoms with Gasteiger partial charge in [-0.15, -0.1) is 0 Å². The number of urea groups is 1. The van der Waals surface area contributed by atoms with Gasteiger partial charge in [0.05, 0.1) is 6.42 Å². The highest BCUT2D eigenvalue weighted by Gasteiger charge is 2.06. The third-order valence-corrected chi connectivity index (χ3v) is 2.93. The summed E-state index contributed by atoms with van der Waals surface area (Å²) in [6.45, 7) is 3.84. The van der Waals surface area contributed by atoms with Crippen molar-refractivity contribution < 1.29 is 9.59 Å². The summed E-state index contributed by atoms with van der Waals surface area (Å²) in [4.78, 5) is 27.5. The molecule has 6 nitrogen and oxygen atoms in total. The minimum atomic E-state index is -0.367. The average Bonchev–Trinajstić information content (AvgIpc) is 2.49. The summed E-state index contributed by atoms with van der Waals surface area (Å²) in [6.07, 6.45) is 1.92. The molecular weight excluding hydrogens is 292 g/mol. The fraction of sp³-hybridized carbons (Fsp3) is 0.235. The van der Waals surface area contributed by atoms with E-state index >= 15 is 0 Å². The average molecular weight is 312 g/mol. The number of anilines is 2. The van der Waals surface area contributed by atoms with Crippen molar-refractivity contribution in [2.75, 3.05) is 10.6 Å². The summed E-state index contributed by atoms with van der Waals surface area (Å²) in [5.74, 6) is 0.459. The van der Waals surface area contributed by atoms with E-state index in [1.165, 1.54) is 0 Å². The second-order valence-electron chi connectivity index (χ2n) is 5.39. The number of nitrogens with one attached hydrogen (secondary N) is 3. The molecule has 1 heterocycles. The van der Waals surface area contributed by atoms with Gasteiger partial charge in [-0.05, 0) is 43.7 Å². The molecule has 0 radical (unpaired) electrons. The topological polar surface area (TPSA) is 83.1 Å². The van der Waals surface area contributed by atoms with E-state index in [0.717, 1.165) is 5.56 Å². The molecule has 0 unspecified atom stereocenters. The summed E-state index contributed by atoms with van der Waals surface area (Å²) < 4.78 is 0. The van der Waals surface area contributed by atoms with Crippen LogP contribution in [-0.2, 0) is 11.2 Å². The molecule has 0 saturated carbocycles. The van der Waals surface area contributed by atoms with Gasteiger partial charge in [0.1, 0.15) is 5.82 Å². The van der Waals surface area contributed by atoms with Crippen molar-refractivity contribution in [2.45, 2.75) is 26.3 Å². The molecule has 0 fully saturated rings. The molecule has 2 rings (SSSR count). The monoisotopic (exact) mass is 312 g/mol. The van der Waals surface area contributed by atoms with Crippen molar-refractivity contribution >= 4 is 23.4 Å². The first-order chi connectivity index (χ1) is 11.0. The number of nitrogens with zero attached hydrogens (tertiary/aromatic N) is 1. The van der Waals surface area contributed by atoms with Crippen LogP contribution in [-0.4, -0.2) is 23.0 Å². The molecule has 6 heteroatoms. The number of rotatable bonds is 5. The highest BCUT2D eigenvalue weighted by atomic mass is 16.2. The van der Waals surface area contributed by atoms with Crippen molar-refractivity contribution in [1.29, 1.82) is 0 Å². The molecular formula is C17H20N4O2. The normalized spacial score (nSPS) is 10.2. The van der Waals surface area contributed by atoms with E-state index in [0.29, 0.717) is 17.9 Å². The number of carbonyl (C=O) groups excluding carboxylic acids is 2. The zero-order valence-corrected chi connectivity index (χ0v) is 13.2. The highest BCUT2D eigenvalue weighted by molar-refractivity contribution is 5.99. The Morgan fingerprint density at radius 3 is 2.39 bits per heavy atom. The lowest BCUT2D eigenvalue weighted by Crippen LogP contribution is -2.31. The molecule has 0 spiro atoms. The van der Waals surface area contributed by atoms with Crippen LogP contribution in [0.2, 0.25) is 0 Å². The number of pyridine rings is 1. The van der Waals surface area contributed by atoms with Gasteiger partial charge in [-0.3, -0.25) is 10.1 Å². The Morgan fingerprint density at radius 1 is 1.04 bits per heavy atom. The standard InChI is InChI=1S/C17H20N4O2/c1-12(2)19-16(22)11-13-6-8-14(9-7-13)20-17(23)21-15-5-3-4-10-18-15/h3-10,12H,11H2,1-2H3,(H,19,22)(H2,18,20,21,23). The van der Waals surface area contributed by atoms with E-state index < -0.39 is 0 Å². The SMILES string of the molecule is CC(C)NC(=O)Cc1ccc(NC(=O)Nc2ccccn2)cc1. The molecule has 0 atom stereocenters. The van der Waals surface area contributed by atoms with Gasteiger partial charge >= 0.3 is 6.03 Å². The Balaban J connectivity index is 1.87. The van der Waals surface area contributed by atoms with E-state index in [1.54, 1.807) is 36.5 Å². The van der Waals surface area contributed by atoms with Crippen LogP contribution in [0.4, 0.5) is 16.3 Å². The molecule has 0 aliphatic carbocycles. The molecule has 0 aliphatic heterocycles. The second kappa shape index (κ2) is 7.93. The smallest absolute Gasteiger partial charge is 0.324 e.